The number of carbonyl (C=O) groups excluding carboxylic acids is 1. The van der Waals surface area contributed by atoms with Gasteiger partial charge >= 0.3 is 5.97 Å². The van der Waals surface area contributed by atoms with Crippen LogP contribution in [-0.2, 0) is 10.2 Å². The van der Waals surface area contributed by atoms with Gasteiger partial charge in [0.25, 0.3) is 0 Å². The second-order valence-corrected chi connectivity index (χ2v) is 4.65. The van der Waals surface area contributed by atoms with Gasteiger partial charge in [0.1, 0.15) is 5.75 Å². The zero-order valence-electron chi connectivity index (χ0n) is 9.87. The zero-order valence-corrected chi connectivity index (χ0v) is 9.87. The van der Waals surface area contributed by atoms with E-state index in [0.717, 1.165) is 0 Å². The van der Waals surface area contributed by atoms with Crippen LogP contribution in [0, 0.1) is 0 Å². The van der Waals surface area contributed by atoms with Crippen LogP contribution in [-0.4, -0.2) is 16.2 Å². The molecule has 0 aliphatic carbocycles. The molecule has 0 radical (unpaired) electrons. The van der Waals surface area contributed by atoms with Crippen LogP contribution in [0.5, 0.6) is 17.2 Å². The Balaban J connectivity index is 3.43. The Morgan fingerprint density at radius 2 is 1.69 bits per heavy atom. The minimum absolute atomic E-state index is 0.00144. The minimum atomic E-state index is -0.536. The van der Waals surface area contributed by atoms with E-state index in [1.165, 1.54) is 19.1 Å². The molecule has 0 bridgehead atoms. The predicted molar refractivity (Wildman–Crippen MR) is 59.8 cm³/mol. The molecular formula is C12H16O4. The molecule has 1 rings (SSSR count). The van der Waals surface area contributed by atoms with Crippen molar-refractivity contribution >= 4 is 5.97 Å². The average molecular weight is 224 g/mol. The number of benzene rings is 1. The first-order valence-electron chi connectivity index (χ1n) is 4.97. The third-order valence-corrected chi connectivity index (χ3v) is 2.11. The molecule has 1 aromatic carbocycles. The number of aromatic hydroxyl groups is 2. The summed E-state index contributed by atoms with van der Waals surface area (Å²) >= 11 is 0. The first kappa shape index (κ1) is 12.4. The Morgan fingerprint density at radius 1 is 1.19 bits per heavy atom. The lowest BCUT2D eigenvalue weighted by Gasteiger charge is -2.23. The maximum atomic E-state index is 10.9. The highest BCUT2D eigenvalue weighted by molar-refractivity contribution is 5.72. The van der Waals surface area contributed by atoms with Gasteiger partial charge < -0.3 is 14.9 Å². The number of hydrogen-bond acceptors (Lipinski definition) is 4. The van der Waals surface area contributed by atoms with Crippen molar-refractivity contribution in [3.63, 3.8) is 0 Å². The minimum Gasteiger partial charge on any atom is -0.508 e. The summed E-state index contributed by atoms with van der Waals surface area (Å²) in [5.74, 6) is -0.661. The van der Waals surface area contributed by atoms with Gasteiger partial charge in [-0.25, -0.2) is 0 Å². The van der Waals surface area contributed by atoms with Gasteiger partial charge in [-0.3, -0.25) is 4.79 Å². The first-order valence-corrected chi connectivity index (χ1v) is 4.97. The Hall–Kier alpha value is -1.71. The second-order valence-electron chi connectivity index (χ2n) is 4.65. The van der Waals surface area contributed by atoms with Crippen molar-refractivity contribution in [1.29, 1.82) is 0 Å². The highest BCUT2D eigenvalue weighted by Gasteiger charge is 2.26. The maximum absolute atomic E-state index is 10.9. The van der Waals surface area contributed by atoms with Crippen LogP contribution >= 0.6 is 0 Å². The summed E-state index contributed by atoms with van der Waals surface area (Å²) in [6, 6.07) is 2.67. The van der Waals surface area contributed by atoms with Crippen LogP contribution < -0.4 is 4.74 Å². The van der Waals surface area contributed by atoms with Crippen LogP contribution in [0.15, 0.2) is 12.1 Å². The van der Waals surface area contributed by atoms with E-state index in [-0.39, 0.29) is 17.2 Å². The summed E-state index contributed by atoms with van der Waals surface area (Å²) in [5, 5.41) is 19.4. The lowest BCUT2D eigenvalue weighted by molar-refractivity contribution is -0.132. The molecule has 0 heterocycles. The van der Waals surface area contributed by atoms with Crippen LogP contribution in [0.2, 0.25) is 0 Å². The molecule has 0 atom stereocenters. The number of phenols is 2. The fourth-order valence-electron chi connectivity index (χ4n) is 1.53. The van der Waals surface area contributed by atoms with Gasteiger partial charge in [0.15, 0.2) is 11.5 Å². The molecule has 0 aliphatic heterocycles. The molecule has 0 fully saturated rings. The Kier molecular flexibility index (Phi) is 3.12. The molecule has 0 aliphatic rings. The van der Waals surface area contributed by atoms with E-state index in [4.69, 9.17) is 4.74 Å². The summed E-state index contributed by atoms with van der Waals surface area (Å²) in [6.45, 7) is 6.81. The number of ether oxygens (including phenoxy) is 1. The number of rotatable bonds is 1. The Bertz CT molecular complexity index is 416. The summed E-state index contributed by atoms with van der Waals surface area (Å²) in [6.07, 6.45) is 0. The van der Waals surface area contributed by atoms with Crippen molar-refractivity contribution in [3.05, 3.63) is 17.7 Å². The molecule has 0 aromatic heterocycles. The summed E-state index contributed by atoms with van der Waals surface area (Å²) in [4.78, 5) is 10.9. The van der Waals surface area contributed by atoms with Crippen LogP contribution in [0.3, 0.4) is 0 Å². The van der Waals surface area contributed by atoms with Gasteiger partial charge in [0, 0.05) is 12.5 Å². The summed E-state index contributed by atoms with van der Waals surface area (Å²) < 4.78 is 4.93. The SMILES string of the molecule is CC(=O)Oc1c(O)ccc(O)c1C(C)(C)C. The molecule has 0 spiro atoms. The van der Waals surface area contributed by atoms with E-state index in [0.29, 0.717) is 5.56 Å². The second kappa shape index (κ2) is 4.04. The largest absolute Gasteiger partial charge is 0.508 e. The fourth-order valence-corrected chi connectivity index (χ4v) is 1.53. The number of phenolic OH excluding ortho intramolecular Hbond substituents is 2. The third kappa shape index (κ3) is 2.45. The van der Waals surface area contributed by atoms with E-state index in [2.05, 4.69) is 0 Å². The zero-order chi connectivity index (χ0) is 12.5. The van der Waals surface area contributed by atoms with Crippen LogP contribution in [0.4, 0.5) is 0 Å². The molecule has 2 N–H and O–H groups in total. The summed E-state index contributed by atoms with van der Waals surface area (Å²) in [7, 11) is 0. The molecule has 0 saturated carbocycles. The average Bonchev–Trinajstić information content (AvgIpc) is 2.08. The van der Waals surface area contributed by atoms with Crippen molar-refractivity contribution in [1.82, 2.24) is 0 Å². The lowest BCUT2D eigenvalue weighted by atomic mass is 9.85. The van der Waals surface area contributed by atoms with Gasteiger partial charge in [-0.2, -0.15) is 0 Å². The smallest absolute Gasteiger partial charge is 0.308 e. The van der Waals surface area contributed by atoms with E-state index < -0.39 is 11.4 Å². The van der Waals surface area contributed by atoms with E-state index >= 15 is 0 Å². The van der Waals surface area contributed by atoms with E-state index in [9.17, 15) is 15.0 Å². The van der Waals surface area contributed by atoms with Gasteiger partial charge in [0.2, 0.25) is 0 Å². The molecular weight excluding hydrogens is 208 g/mol. The molecule has 0 saturated heterocycles. The van der Waals surface area contributed by atoms with Crippen LogP contribution in [0.1, 0.15) is 33.3 Å². The normalized spacial score (nSPS) is 11.2. The van der Waals surface area contributed by atoms with Gasteiger partial charge in [-0.05, 0) is 17.5 Å². The quantitative estimate of drug-likeness (QED) is 0.436. The number of esters is 1. The highest BCUT2D eigenvalue weighted by atomic mass is 16.5. The summed E-state index contributed by atoms with van der Waals surface area (Å²) in [5.41, 5.74) is -0.0177. The monoisotopic (exact) mass is 224 g/mol. The van der Waals surface area contributed by atoms with E-state index in [1.54, 1.807) is 0 Å². The number of carbonyl (C=O) groups is 1. The van der Waals surface area contributed by atoms with Crippen molar-refractivity contribution in [2.45, 2.75) is 33.1 Å². The molecule has 1 aromatic rings. The lowest BCUT2D eigenvalue weighted by Crippen LogP contribution is -2.15. The molecule has 4 heteroatoms. The molecule has 0 amide bonds. The van der Waals surface area contributed by atoms with Crippen molar-refractivity contribution in [3.8, 4) is 17.2 Å². The number of hydrogen-bond donors (Lipinski definition) is 2. The first-order chi connectivity index (χ1) is 7.23. The fraction of sp³-hybridized carbons (Fsp3) is 0.417. The standard InChI is InChI=1S/C12H16O4/c1-7(13)16-11-9(15)6-5-8(14)10(11)12(2,3)4/h5-6,14-15H,1-4H3. The Labute approximate surface area is 94.5 Å². The molecule has 4 nitrogen and oxygen atoms in total. The van der Waals surface area contributed by atoms with Gasteiger partial charge in [-0.15, -0.1) is 0 Å². The highest BCUT2D eigenvalue weighted by Crippen LogP contribution is 2.43. The predicted octanol–water partition coefficient (Wildman–Crippen LogP) is 2.32. The molecule has 88 valence electrons. The topological polar surface area (TPSA) is 66.8 Å². The van der Waals surface area contributed by atoms with E-state index in [1.807, 2.05) is 20.8 Å². The Morgan fingerprint density at radius 3 is 2.12 bits per heavy atom. The third-order valence-electron chi connectivity index (χ3n) is 2.11. The maximum Gasteiger partial charge on any atom is 0.308 e. The molecule has 0 unspecified atom stereocenters. The van der Waals surface area contributed by atoms with Gasteiger partial charge in [-0.1, -0.05) is 20.8 Å². The molecule has 16 heavy (non-hydrogen) atoms. The van der Waals surface area contributed by atoms with Crippen molar-refractivity contribution in [2.24, 2.45) is 0 Å². The van der Waals surface area contributed by atoms with Gasteiger partial charge in [0.05, 0.1) is 0 Å². The van der Waals surface area contributed by atoms with Crippen molar-refractivity contribution < 1.29 is 19.7 Å². The van der Waals surface area contributed by atoms with Crippen LogP contribution in [0.25, 0.3) is 0 Å². The van der Waals surface area contributed by atoms with Crippen molar-refractivity contribution in [2.75, 3.05) is 0 Å².